The molecule has 5 aliphatic heterocycles. The van der Waals surface area contributed by atoms with E-state index in [4.69, 9.17) is 78.7 Å². The van der Waals surface area contributed by atoms with Crippen LogP contribution in [0.15, 0.2) is 11.6 Å². The van der Waals surface area contributed by atoms with Crippen LogP contribution in [0, 0.1) is 34.5 Å². The molecule has 0 aromatic heterocycles. The Morgan fingerprint density at radius 3 is 1.72 bits per heavy atom. The van der Waals surface area contributed by atoms with E-state index in [0.717, 1.165) is 63.4 Å². The predicted molar refractivity (Wildman–Crippen MR) is 262 cm³/mol. The fourth-order valence-electron chi connectivity index (χ4n) is 14.4. The third-order valence-corrected chi connectivity index (χ3v) is 19.0. The second-order valence-corrected chi connectivity index (χ2v) is 23.7. The summed E-state index contributed by atoms with van der Waals surface area (Å²) in [7, 11) is 0. The average molecular weight is 1090 g/mol. The van der Waals surface area contributed by atoms with Gasteiger partial charge < -0.3 is 109 Å². The second-order valence-electron chi connectivity index (χ2n) is 23.7. The molecule has 0 amide bonds. The van der Waals surface area contributed by atoms with Crippen molar-refractivity contribution in [2.45, 2.75) is 260 Å². The number of esters is 1. The third kappa shape index (κ3) is 13.0. The maximum absolute atomic E-state index is 12.6. The second kappa shape index (κ2) is 25.5. The highest BCUT2D eigenvalue weighted by Gasteiger charge is 2.68. The molecule has 4 aliphatic carbocycles. The number of cyclic esters (lactones) is 1. The SMILES string of the molecule is C[C@H]1O[C@@H](O)C[C@H](O)[C@@H]1O.C[C@H]1O[C@@H](O[C@H]2[C@@H](O)C[C@H](O[C@H]3[C@@H](O)C[C@H](O[C@H]4CC[C@@]5(C)[C@H](CC[C@@H]6[C@@H]5CC[C@]5(C)[C@@H](C7=CC(=O)OC7)CC[C@]65O)C4)O[C@@H]3C)O[C@@H]2C)C[C@H](O)[C@@H]1O.O=C[C@H](O)[C@@H](O)[C@H](O)[C@H](O)CO. The molecule has 9 rings (SSSR count). The molecule has 28 atom stereocenters. The molecule has 9 aliphatic rings. The molecule has 4 saturated carbocycles. The summed E-state index contributed by atoms with van der Waals surface area (Å²) in [4.78, 5) is 21.8. The van der Waals surface area contributed by atoms with Crippen LogP contribution < -0.4 is 0 Å². The van der Waals surface area contributed by atoms with Gasteiger partial charge in [0.15, 0.2) is 31.4 Å². The van der Waals surface area contributed by atoms with Crippen LogP contribution in [-0.4, -0.2) is 226 Å². The normalized spacial score (nSPS) is 48.9. The Balaban J connectivity index is 0.000000317. The summed E-state index contributed by atoms with van der Waals surface area (Å²) >= 11 is 0. The first kappa shape index (κ1) is 61.7. The van der Waals surface area contributed by atoms with Crippen LogP contribution in [0.25, 0.3) is 0 Å². The van der Waals surface area contributed by atoms with Crippen LogP contribution in [0.3, 0.4) is 0 Å². The predicted octanol–water partition coefficient (Wildman–Crippen LogP) is -1.30. The van der Waals surface area contributed by atoms with Crippen LogP contribution >= 0.6 is 0 Å². The molecule has 23 heteroatoms. The lowest BCUT2D eigenvalue weighted by atomic mass is 9.43. The van der Waals surface area contributed by atoms with Gasteiger partial charge in [-0.1, -0.05) is 13.8 Å². The van der Waals surface area contributed by atoms with E-state index in [2.05, 4.69) is 13.8 Å². The van der Waals surface area contributed by atoms with Crippen molar-refractivity contribution in [3.8, 4) is 0 Å². The number of hydrogen-bond acceptors (Lipinski definition) is 23. The van der Waals surface area contributed by atoms with Crippen LogP contribution in [-0.2, 0) is 47.5 Å². The molecule has 0 aromatic rings. The quantitative estimate of drug-likeness (QED) is 0.0614. The molecule has 8 fully saturated rings. The topological polar surface area (TPSA) is 371 Å². The fraction of sp³-hybridized carbons (Fsp3) is 0.925. The summed E-state index contributed by atoms with van der Waals surface area (Å²) in [5.74, 6) is 1.13. The average Bonchev–Trinajstić information content (AvgIpc) is 3.94. The number of carbonyl (C=O) groups is 2. The van der Waals surface area contributed by atoms with E-state index in [0.29, 0.717) is 18.4 Å². The van der Waals surface area contributed by atoms with Crippen molar-refractivity contribution in [2.75, 3.05) is 13.2 Å². The zero-order chi connectivity index (χ0) is 55.8. The lowest BCUT2D eigenvalue weighted by molar-refractivity contribution is -0.336. The van der Waals surface area contributed by atoms with Crippen molar-refractivity contribution < 1.29 is 114 Å². The summed E-state index contributed by atoms with van der Waals surface area (Å²) in [5, 5.41) is 125. The van der Waals surface area contributed by atoms with Gasteiger partial charge in [0.1, 0.15) is 55.4 Å². The summed E-state index contributed by atoms with van der Waals surface area (Å²) < 4.78 is 47.0. The Morgan fingerprint density at radius 1 is 0.645 bits per heavy atom. The first-order valence-corrected chi connectivity index (χ1v) is 27.5. The highest BCUT2D eigenvalue weighted by molar-refractivity contribution is 5.85. The maximum Gasteiger partial charge on any atom is 0.331 e. The van der Waals surface area contributed by atoms with E-state index < -0.39 is 135 Å². The first-order chi connectivity index (χ1) is 35.7. The minimum atomic E-state index is -1.79. The summed E-state index contributed by atoms with van der Waals surface area (Å²) in [6, 6.07) is 0. The summed E-state index contributed by atoms with van der Waals surface area (Å²) in [6.45, 7) is 11.2. The number of carbonyl (C=O) groups excluding carboxylic acids is 2. The van der Waals surface area contributed by atoms with Gasteiger partial charge in [-0.3, -0.25) is 0 Å². The van der Waals surface area contributed by atoms with E-state index in [1.54, 1.807) is 26.8 Å². The Morgan fingerprint density at radius 2 is 1.20 bits per heavy atom. The molecule has 5 heterocycles. The lowest BCUT2D eigenvalue weighted by Gasteiger charge is -2.64. The molecule has 23 nitrogen and oxygen atoms in total. The van der Waals surface area contributed by atoms with Crippen LogP contribution in [0.1, 0.15) is 125 Å². The minimum Gasteiger partial charge on any atom is -0.458 e. The molecule has 438 valence electrons. The monoisotopic (exact) mass is 1090 g/mol. The Labute approximate surface area is 444 Å². The zero-order valence-corrected chi connectivity index (χ0v) is 44.6. The maximum atomic E-state index is 12.6. The number of aliphatic hydroxyl groups excluding tert-OH is 12. The first-order valence-electron chi connectivity index (χ1n) is 27.5. The molecular weight excluding hydrogens is 1000 g/mol. The lowest BCUT2D eigenvalue weighted by Crippen LogP contribution is -2.62. The van der Waals surface area contributed by atoms with Gasteiger partial charge in [-0.25, -0.2) is 4.79 Å². The fourth-order valence-corrected chi connectivity index (χ4v) is 14.4. The molecule has 0 aromatic carbocycles. The number of ether oxygens (including phenoxy) is 8. The Kier molecular flexibility index (Phi) is 20.7. The number of hydrogen-bond donors (Lipinski definition) is 13. The number of rotatable bonds is 12. The number of aldehydes is 1. The van der Waals surface area contributed by atoms with Gasteiger partial charge in [-0.2, -0.15) is 0 Å². The van der Waals surface area contributed by atoms with Gasteiger partial charge in [0.2, 0.25) is 0 Å². The van der Waals surface area contributed by atoms with Crippen molar-refractivity contribution in [2.24, 2.45) is 34.5 Å². The van der Waals surface area contributed by atoms with Gasteiger partial charge in [-0.05, 0) is 120 Å². The van der Waals surface area contributed by atoms with Crippen LogP contribution in [0.4, 0.5) is 0 Å². The number of aliphatic hydroxyl groups is 13. The van der Waals surface area contributed by atoms with E-state index in [1.165, 1.54) is 0 Å². The van der Waals surface area contributed by atoms with Gasteiger partial charge in [0.25, 0.3) is 0 Å². The molecule has 4 saturated heterocycles. The Hall–Kier alpha value is -1.92. The van der Waals surface area contributed by atoms with E-state index in [1.807, 2.05) is 6.92 Å². The summed E-state index contributed by atoms with van der Waals surface area (Å²) in [5.41, 5.74) is 0.215. The van der Waals surface area contributed by atoms with Gasteiger partial charge in [0, 0.05) is 37.2 Å². The van der Waals surface area contributed by atoms with Crippen molar-refractivity contribution >= 4 is 12.3 Å². The molecule has 76 heavy (non-hydrogen) atoms. The molecule has 13 N–H and O–H groups in total. The van der Waals surface area contributed by atoms with E-state index in [-0.39, 0.29) is 66.7 Å². The van der Waals surface area contributed by atoms with E-state index >= 15 is 0 Å². The molecule has 0 unspecified atom stereocenters. The van der Waals surface area contributed by atoms with Crippen molar-refractivity contribution in [3.05, 3.63) is 11.6 Å². The highest BCUT2D eigenvalue weighted by Crippen LogP contribution is 2.70. The van der Waals surface area contributed by atoms with Crippen molar-refractivity contribution in [1.82, 2.24) is 0 Å². The van der Waals surface area contributed by atoms with Gasteiger partial charge >= 0.3 is 5.97 Å². The minimum absolute atomic E-state index is 0.0243. The van der Waals surface area contributed by atoms with E-state index in [9.17, 15) is 35.1 Å². The van der Waals surface area contributed by atoms with Crippen molar-refractivity contribution in [1.29, 1.82) is 0 Å². The van der Waals surface area contributed by atoms with Crippen LogP contribution in [0.5, 0.6) is 0 Å². The third-order valence-electron chi connectivity index (χ3n) is 19.0. The summed E-state index contributed by atoms with van der Waals surface area (Å²) in [6.07, 6.45) is -8.00. The largest absolute Gasteiger partial charge is 0.458 e. The molecular formula is C53H88O23. The zero-order valence-electron chi connectivity index (χ0n) is 44.6. The van der Waals surface area contributed by atoms with Gasteiger partial charge in [0.05, 0.1) is 67.1 Å². The highest BCUT2D eigenvalue weighted by atomic mass is 16.7. The smallest absolute Gasteiger partial charge is 0.331 e. The standard InChI is InChI=1S/C41H64O13.C6H12O6.C6H12O4/c1-20-36(46)29(42)16-34(49-20)53-38-22(3)51-35(18-31(38)44)54-37-21(2)50-33(17-30(37)43)52-25-8-11-39(4)24(15-25)6-7-28-27(39)9-12-40(5)26(10-13-41(28,40)47)23-14-32(45)48-19-23;7-1-3(9)5(11)6(12)4(10)2-8;1-3-6(9)4(7)2-5(8)10-3/h14,20-22,24-31,33-38,42-44,46-47H,6-13,15-19H2,1-5H3;1,3-6,8-12H,2H2;3-9H,2H2,1H3/t20-,21-,22-,24-,25+,26-,27+,28-,29+,30+,31+,33+,34+,35+,36-,37-,38-,39+,40-,41+;3-,4+,5+,6+;3-,4+,5-,6-/m101/s1. The van der Waals surface area contributed by atoms with Gasteiger partial charge in [-0.15, -0.1) is 0 Å². The molecule has 0 bridgehead atoms. The molecule has 0 spiro atoms. The number of fused-ring (bicyclic) bond motifs is 5. The Bertz CT molecular complexity index is 1880. The van der Waals surface area contributed by atoms with Crippen LogP contribution in [0.2, 0.25) is 0 Å². The van der Waals surface area contributed by atoms with Crippen molar-refractivity contribution in [3.63, 3.8) is 0 Å². The molecule has 0 radical (unpaired) electrons.